The zero-order valence-corrected chi connectivity index (χ0v) is 12.0. The van der Waals surface area contributed by atoms with Gasteiger partial charge in [-0.2, -0.15) is 0 Å². The Morgan fingerprint density at radius 1 is 1.47 bits per heavy atom. The molecule has 19 heavy (non-hydrogen) atoms. The van der Waals surface area contributed by atoms with Crippen LogP contribution < -0.4 is 11.1 Å². The minimum Gasteiger partial charge on any atom is -0.389 e. The standard InChI is InChI=1S/C15H24N2O2/c1-4-7-15(3,19)10-17-9-13-6-5-12(14(16)18)8-11(13)2/h5-6,8,17,19H,4,7,9-10H2,1-3H3,(H2,16,18). The number of aliphatic hydroxyl groups is 1. The van der Waals surface area contributed by atoms with Gasteiger partial charge in [0.15, 0.2) is 0 Å². The summed E-state index contributed by atoms with van der Waals surface area (Å²) >= 11 is 0. The summed E-state index contributed by atoms with van der Waals surface area (Å²) < 4.78 is 0. The van der Waals surface area contributed by atoms with Gasteiger partial charge in [-0.25, -0.2) is 0 Å². The molecule has 0 saturated carbocycles. The number of primary amides is 1. The molecule has 4 nitrogen and oxygen atoms in total. The van der Waals surface area contributed by atoms with Crippen LogP contribution in [0.15, 0.2) is 18.2 Å². The molecule has 0 radical (unpaired) electrons. The fraction of sp³-hybridized carbons (Fsp3) is 0.533. The normalized spacial score (nSPS) is 14.1. The van der Waals surface area contributed by atoms with Crippen molar-refractivity contribution in [3.8, 4) is 0 Å². The van der Waals surface area contributed by atoms with E-state index in [1.54, 1.807) is 12.1 Å². The van der Waals surface area contributed by atoms with Crippen molar-refractivity contribution in [2.75, 3.05) is 6.54 Å². The summed E-state index contributed by atoms with van der Waals surface area (Å²) in [4.78, 5) is 11.1. The minimum atomic E-state index is -0.671. The molecule has 0 aliphatic rings. The number of amides is 1. The number of aryl methyl sites for hydroxylation is 1. The van der Waals surface area contributed by atoms with Crippen molar-refractivity contribution >= 4 is 5.91 Å². The Hall–Kier alpha value is -1.39. The molecule has 0 aliphatic carbocycles. The lowest BCUT2D eigenvalue weighted by atomic mass is 10.00. The second-order valence-electron chi connectivity index (χ2n) is 5.36. The Bertz CT molecular complexity index is 442. The largest absolute Gasteiger partial charge is 0.389 e. The van der Waals surface area contributed by atoms with E-state index in [1.807, 2.05) is 19.9 Å². The minimum absolute atomic E-state index is 0.409. The number of nitrogens with one attached hydrogen (secondary N) is 1. The molecule has 0 saturated heterocycles. The Labute approximate surface area is 115 Å². The molecule has 106 valence electrons. The number of hydrogen-bond acceptors (Lipinski definition) is 3. The molecule has 1 aromatic rings. The van der Waals surface area contributed by atoms with Crippen LogP contribution >= 0.6 is 0 Å². The highest BCUT2D eigenvalue weighted by atomic mass is 16.3. The van der Waals surface area contributed by atoms with E-state index in [0.717, 1.165) is 24.0 Å². The number of carbonyl (C=O) groups is 1. The van der Waals surface area contributed by atoms with E-state index >= 15 is 0 Å². The second kappa shape index (κ2) is 6.68. The number of rotatable bonds is 7. The van der Waals surface area contributed by atoms with E-state index in [0.29, 0.717) is 18.7 Å². The van der Waals surface area contributed by atoms with Gasteiger partial charge in [-0.3, -0.25) is 4.79 Å². The van der Waals surface area contributed by atoms with Crippen LogP contribution in [-0.2, 0) is 6.54 Å². The highest BCUT2D eigenvalue weighted by molar-refractivity contribution is 5.93. The third kappa shape index (κ3) is 5.01. The van der Waals surface area contributed by atoms with Crippen molar-refractivity contribution in [2.24, 2.45) is 5.73 Å². The van der Waals surface area contributed by atoms with Crippen molar-refractivity contribution < 1.29 is 9.90 Å². The van der Waals surface area contributed by atoms with E-state index < -0.39 is 11.5 Å². The van der Waals surface area contributed by atoms with E-state index in [1.165, 1.54) is 0 Å². The second-order valence-corrected chi connectivity index (χ2v) is 5.36. The zero-order chi connectivity index (χ0) is 14.5. The molecule has 1 amide bonds. The Morgan fingerprint density at radius 2 is 2.16 bits per heavy atom. The van der Waals surface area contributed by atoms with Gasteiger partial charge >= 0.3 is 0 Å². The van der Waals surface area contributed by atoms with Gasteiger partial charge < -0.3 is 16.2 Å². The van der Waals surface area contributed by atoms with Crippen LogP contribution in [0.5, 0.6) is 0 Å². The zero-order valence-electron chi connectivity index (χ0n) is 12.0. The molecule has 0 aliphatic heterocycles. The molecule has 4 N–H and O–H groups in total. The fourth-order valence-electron chi connectivity index (χ4n) is 2.14. The van der Waals surface area contributed by atoms with Gasteiger partial charge in [-0.1, -0.05) is 19.4 Å². The fourth-order valence-corrected chi connectivity index (χ4v) is 2.14. The number of hydrogen-bond donors (Lipinski definition) is 3. The lowest BCUT2D eigenvalue weighted by Gasteiger charge is -2.23. The first-order chi connectivity index (χ1) is 8.85. The Morgan fingerprint density at radius 3 is 2.68 bits per heavy atom. The molecule has 1 atom stereocenters. The van der Waals surface area contributed by atoms with E-state index in [-0.39, 0.29) is 0 Å². The number of nitrogens with two attached hydrogens (primary N) is 1. The van der Waals surface area contributed by atoms with Crippen molar-refractivity contribution in [2.45, 2.75) is 45.8 Å². The summed E-state index contributed by atoms with van der Waals surface area (Å²) in [5, 5.41) is 13.3. The van der Waals surface area contributed by atoms with Gasteiger partial charge in [-0.05, 0) is 43.5 Å². The Balaban J connectivity index is 2.57. The molecule has 0 fully saturated rings. The van der Waals surface area contributed by atoms with E-state index in [2.05, 4.69) is 12.2 Å². The molecule has 0 spiro atoms. The van der Waals surface area contributed by atoms with Gasteiger partial charge in [-0.15, -0.1) is 0 Å². The maximum Gasteiger partial charge on any atom is 0.248 e. The van der Waals surface area contributed by atoms with Gasteiger partial charge in [0.1, 0.15) is 0 Å². The van der Waals surface area contributed by atoms with Crippen molar-refractivity contribution in [3.05, 3.63) is 34.9 Å². The first-order valence-corrected chi connectivity index (χ1v) is 6.68. The topological polar surface area (TPSA) is 75.3 Å². The van der Waals surface area contributed by atoms with E-state index in [9.17, 15) is 9.90 Å². The highest BCUT2D eigenvalue weighted by Gasteiger charge is 2.18. The molecule has 1 unspecified atom stereocenters. The lowest BCUT2D eigenvalue weighted by molar-refractivity contribution is 0.0498. The predicted molar refractivity (Wildman–Crippen MR) is 76.9 cm³/mol. The molecular weight excluding hydrogens is 240 g/mol. The number of benzene rings is 1. The summed E-state index contributed by atoms with van der Waals surface area (Å²) in [7, 11) is 0. The van der Waals surface area contributed by atoms with Crippen LogP contribution in [0.3, 0.4) is 0 Å². The van der Waals surface area contributed by atoms with Crippen LogP contribution in [0.2, 0.25) is 0 Å². The predicted octanol–water partition coefficient (Wildman–Crippen LogP) is 1.73. The van der Waals surface area contributed by atoms with Crippen molar-refractivity contribution in [3.63, 3.8) is 0 Å². The average Bonchev–Trinajstić information content (AvgIpc) is 2.30. The van der Waals surface area contributed by atoms with Gasteiger partial charge in [0.2, 0.25) is 5.91 Å². The maximum atomic E-state index is 11.1. The third-order valence-electron chi connectivity index (χ3n) is 3.24. The van der Waals surface area contributed by atoms with E-state index in [4.69, 9.17) is 5.73 Å². The smallest absolute Gasteiger partial charge is 0.248 e. The summed E-state index contributed by atoms with van der Waals surface area (Å²) in [6, 6.07) is 5.43. The van der Waals surface area contributed by atoms with Crippen LogP contribution in [0, 0.1) is 6.92 Å². The van der Waals surface area contributed by atoms with Crippen molar-refractivity contribution in [1.82, 2.24) is 5.32 Å². The SMILES string of the molecule is CCCC(C)(O)CNCc1ccc(C(N)=O)cc1C. The molecular formula is C15H24N2O2. The first kappa shape index (κ1) is 15.7. The van der Waals surface area contributed by atoms with Crippen LogP contribution in [-0.4, -0.2) is 23.2 Å². The van der Waals surface area contributed by atoms with Crippen molar-refractivity contribution in [1.29, 1.82) is 0 Å². The monoisotopic (exact) mass is 264 g/mol. The third-order valence-corrected chi connectivity index (χ3v) is 3.24. The first-order valence-electron chi connectivity index (χ1n) is 6.68. The van der Waals surface area contributed by atoms with Gasteiger partial charge in [0, 0.05) is 18.7 Å². The summed E-state index contributed by atoms with van der Waals surface area (Å²) in [6.45, 7) is 7.07. The number of carbonyl (C=O) groups excluding carboxylic acids is 1. The molecule has 0 heterocycles. The molecule has 1 rings (SSSR count). The average molecular weight is 264 g/mol. The highest BCUT2D eigenvalue weighted by Crippen LogP contribution is 2.13. The summed E-state index contributed by atoms with van der Waals surface area (Å²) in [6.07, 6.45) is 1.74. The lowest BCUT2D eigenvalue weighted by Crippen LogP contribution is -2.37. The van der Waals surface area contributed by atoms with Crippen LogP contribution in [0.1, 0.15) is 48.2 Å². The molecule has 1 aromatic carbocycles. The summed E-state index contributed by atoms with van der Waals surface area (Å²) in [5.74, 6) is -0.409. The van der Waals surface area contributed by atoms with Gasteiger partial charge in [0.25, 0.3) is 0 Å². The maximum absolute atomic E-state index is 11.1. The Kier molecular flexibility index (Phi) is 5.51. The van der Waals surface area contributed by atoms with Crippen LogP contribution in [0.4, 0.5) is 0 Å². The van der Waals surface area contributed by atoms with Gasteiger partial charge in [0.05, 0.1) is 5.60 Å². The quantitative estimate of drug-likeness (QED) is 0.702. The summed E-state index contributed by atoms with van der Waals surface area (Å²) in [5.41, 5.74) is 7.23. The molecule has 4 heteroatoms. The molecule has 0 aromatic heterocycles. The van der Waals surface area contributed by atoms with Crippen LogP contribution in [0.25, 0.3) is 0 Å². The molecule has 0 bridgehead atoms.